The molecule has 1 heterocycles. The van der Waals surface area contributed by atoms with Gasteiger partial charge in [-0.15, -0.1) is 0 Å². The summed E-state index contributed by atoms with van der Waals surface area (Å²) in [6.07, 6.45) is 6.54. The second-order valence-corrected chi connectivity index (χ2v) is 8.82. The largest absolute Gasteiger partial charge is 0.464 e. The number of amides is 1. The molecule has 1 N–H and O–H groups in total. The third kappa shape index (κ3) is 5.19. The minimum atomic E-state index is -3.11. The predicted octanol–water partition coefficient (Wildman–Crippen LogP) is 1.44. The van der Waals surface area contributed by atoms with Crippen LogP contribution in [0.1, 0.15) is 51.9 Å². The van der Waals surface area contributed by atoms with E-state index in [-0.39, 0.29) is 29.9 Å². The Kier molecular flexibility index (Phi) is 6.44. The fourth-order valence-electron chi connectivity index (χ4n) is 3.52. The van der Waals surface area contributed by atoms with Crippen molar-refractivity contribution in [2.75, 3.05) is 18.1 Å². The molecule has 6 nitrogen and oxygen atoms in total. The van der Waals surface area contributed by atoms with Gasteiger partial charge in [-0.2, -0.15) is 0 Å². The van der Waals surface area contributed by atoms with Crippen molar-refractivity contribution in [1.29, 1.82) is 0 Å². The van der Waals surface area contributed by atoms with Crippen molar-refractivity contribution in [3.05, 3.63) is 0 Å². The van der Waals surface area contributed by atoms with Gasteiger partial charge in [0, 0.05) is 0 Å². The van der Waals surface area contributed by atoms with Gasteiger partial charge in [0.2, 0.25) is 5.91 Å². The molecule has 1 aliphatic heterocycles. The molecule has 1 saturated heterocycles. The molecule has 0 aromatic carbocycles. The van der Waals surface area contributed by atoms with Crippen molar-refractivity contribution < 1.29 is 22.7 Å². The zero-order valence-corrected chi connectivity index (χ0v) is 14.6. The molecule has 7 heteroatoms. The van der Waals surface area contributed by atoms with Gasteiger partial charge in [-0.25, -0.2) is 13.2 Å². The van der Waals surface area contributed by atoms with Gasteiger partial charge in [-0.3, -0.25) is 4.79 Å². The topological polar surface area (TPSA) is 89.5 Å². The van der Waals surface area contributed by atoms with E-state index >= 15 is 0 Å². The number of esters is 1. The smallest absolute Gasteiger partial charge is 0.328 e. The van der Waals surface area contributed by atoms with Crippen LogP contribution in [0.25, 0.3) is 0 Å². The van der Waals surface area contributed by atoms with E-state index in [1.54, 1.807) is 6.92 Å². The maximum absolute atomic E-state index is 12.4. The highest BCUT2D eigenvalue weighted by Crippen LogP contribution is 2.27. The molecule has 0 aromatic rings. The Labute approximate surface area is 138 Å². The Bertz CT molecular complexity index is 523. The van der Waals surface area contributed by atoms with Crippen molar-refractivity contribution in [3.8, 4) is 0 Å². The molecule has 132 valence electrons. The molecule has 2 atom stereocenters. The van der Waals surface area contributed by atoms with E-state index in [2.05, 4.69) is 5.32 Å². The number of carbonyl (C=O) groups excluding carboxylic acids is 2. The van der Waals surface area contributed by atoms with Crippen LogP contribution in [0.3, 0.4) is 0 Å². The molecule has 0 radical (unpaired) electrons. The lowest BCUT2D eigenvalue weighted by Crippen LogP contribution is -2.49. The first-order chi connectivity index (χ1) is 10.9. The number of hydrogen-bond acceptors (Lipinski definition) is 5. The lowest BCUT2D eigenvalue weighted by Gasteiger charge is -2.26. The Morgan fingerprint density at radius 2 is 1.78 bits per heavy atom. The lowest BCUT2D eigenvalue weighted by molar-refractivity contribution is -0.149. The van der Waals surface area contributed by atoms with E-state index in [4.69, 9.17) is 4.74 Å². The molecule has 23 heavy (non-hydrogen) atoms. The first kappa shape index (κ1) is 18.2. The number of ether oxygens (including phenoxy) is 1. The first-order valence-corrected chi connectivity index (χ1v) is 10.4. The van der Waals surface area contributed by atoms with E-state index in [1.165, 1.54) is 0 Å². The molecular weight excluding hydrogens is 318 g/mol. The highest BCUT2D eigenvalue weighted by Gasteiger charge is 2.37. The lowest BCUT2D eigenvalue weighted by atomic mass is 9.91. The summed E-state index contributed by atoms with van der Waals surface area (Å²) in [5.74, 6) is -1.24. The van der Waals surface area contributed by atoms with E-state index < -0.39 is 27.8 Å². The molecule has 2 fully saturated rings. The van der Waals surface area contributed by atoms with E-state index in [1.807, 2.05) is 0 Å². The van der Waals surface area contributed by atoms with Crippen LogP contribution in [0.5, 0.6) is 0 Å². The maximum atomic E-state index is 12.4. The fraction of sp³-hybridized carbons (Fsp3) is 0.875. The van der Waals surface area contributed by atoms with Crippen molar-refractivity contribution in [2.45, 2.75) is 57.9 Å². The van der Waals surface area contributed by atoms with E-state index in [0.717, 1.165) is 38.5 Å². The van der Waals surface area contributed by atoms with Gasteiger partial charge in [-0.05, 0) is 32.1 Å². The SMILES string of the molecule is CCOC(=O)C(NC(=O)C1CCS(=O)(=O)C1)C1CCCCCC1. The van der Waals surface area contributed by atoms with Crippen molar-refractivity contribution in [1.82, 2.24) is 5.32 Å². The molecule has 2 unspecified atom stereocenters. The maximum Gasteiger partial charge on any atom is 0.328 e. The first-order valence-electron chi connectivity index (χ1n) is 8.60. The van der Waals surface area contributed by atoms with Crippen LogP contribution in [0, 0.1) is 11.8 Å². The zero-order chi connectivity index (χ0) is 16.9. The van der Waals surface area contributed by atoms with Gasteiger partial charge >= 0.3 is 5.97 Å². The van der Waals surface area contributed by atoms with Crippen LogP contribution >= 0.6 is 0 Å². The highest BCUT2D eigenvalue weighted by atomic mass is 32.2. The zero-order valence-electron chi connectivity index (χ0n) is 13.8. The number of rotatable bonds is 5. The minimum Gasteiger partial charge on any atom is -0.464 e. The molecule has 2 rings (SSSR count). The van der Waals surface area contributed by atoms with Crippen LogP contribution in [0.4, 0.5) is 0 Å². The second-order valence-electron chi connectivity index (χ2n) is 6.59. The molecule has 0 spiro atoms. The number of sulfone groups is 1. The highest BCUT2D eigenvalue weighted by molar-refractivity contribution is 7.91. The minimum absolute atomic E-state index is 0.0542. The summed E-state index contributed by atoms with van der Waals surface area (Å²) < 4.78 is 28.2. The summed E-state index contributed by atoms with van der Waals surface area (Å²) in [6.45, 7) is 2.02. The van der Waals surface area contributed by atoms with Crippen molar-refractivity contribution in [3.63, 3.8) is 0 Å². The summed E-state index contributed by atoms with van der Waals surface area (Å²) >= 11 is 0. The van der Waals surface area contributed by atoms with E-state index in [0.29, 0.717) is 6.42 Å². The van der Waals surface area contributed by atoms with Gasteiger partial charge in [0.05, 0.1) is 24.0 Å². The monoisotopic (exact) mass is 345 g/mol. The summed E-state index contributed by atoms with van der Waals surface area (Å²) in [5.41, 5.74) is 0. The number of carbonyl (C=O) groups is 2. The summed E-state index contributed by atoms with van der Waals surface area (Å²) in [6, 6.07) is -0.649. The molecule has 2 aliphatic rings. The fourth-order valence-corrected chi connectivity index (χ4v) is 5.26. The Morgan fingerprint density at radius 1 is 1.13 bits per heavy atom. The van der Waals surface area contributed by atoms with Crippen LogP contribution in [-0.4, -0.2) is 44.4 Å². The van der Waals surface area contributed by atoms with Crippen LogP contribution in [-0.2, 0) is 24.2 Å². The van der Waals surface area contributed by atoms with Crippen LogP contribution in [0.15, 0.2) is 0 Å². The molecule has 0 bridgehead atoms. The van der Waals surface area contributed by atoms with Crippen molar-refractivity contribution >= 4 is 21.7 Å². The average Bonchev–Trinajstić information content (AvgIpc) is 2.71. The van der Waals surface area contributed by atoms with Gasteiger partial charge < -0.3 is 10.1 Å². The Hall–Kier alpha value is -1.11. The normalized spacial score (nSPS) is 26.2. The number of hydrogen-bond donors (Lipinski definition) is 1. The molecular formula is C16H27NO5S. The number of nitrogens with one attached hydrogen (secondary N) is 1. The molecule has 1 aliphatic carbocycles. The van der Waals surface area contributed by atoms with Gasteiger partial charge in [0.25, 0.3) is 0 Å². The van der Waals surface area contributed by atoms with Gasteiger partial charge in [0.1, 0.15) is 6.04 Å². The third-order valence-corrected chi connectivity index (χ3v) is 6.58. The second kappa shape index (κ2) is 8.13. The summed E-state index contributed by atoms with van der Waals surface area (Å²) in [5, 5.41) is 2.80. The van der Waals surface area contributed by atoms with Crippen LogP contribution in [0.2, 0.25) is 0 Å². The molecule has 1 saturated carbocycles. The van der Waals surface area contributed by atoms with Crippen LogP contribution < -0.4 is 5.32 Å². The standard InChI is InChI=1S/C16H27NO5S/c1-2-22-16(19)14(12-7-5-3-4-6-8-12)17-15(18)13-9-10-23(20,21)11-13/h12-14H,2-11H2,1H3,(H,17,18). The molecule has 1 amide bonds. The Balaban J connectivity index is 2.04. The summed E-state index contributed by atoms with van der Waals surface area (Å²) in [7, 11) is -3.11. The Morgan fingerprint density at radius 3 is 2.30 bits per heavy atom. The van der Waals surface area contributed by atoms with Crippen molar-refractivity contribution in [2.24, 2.45) is 11.8 Å². The van der Waals surface area contributed by atoms with E-state index in [9.17, 15) is 18.0 Å². The quantitative estimate of drug-likeness (QED) is 0.601. The molecule has 0 aromatic heterocycles. The summed E-state index contributed by atoms with van der Waals surface area (Å²) in [4.78, 5) is 24.7. The van der Waals surface area contributed by atoms with Gasteiger partial charge in [0.15, 0.2) is 9.84 Å². The van der Waals surface area contributed by atoms with Gasteiger partial charge in [-0.1, -0.05) is 25.7 Å². The predicted molar refractivity (Wildman–Crippen MR) is 86.5 cm³/mol. The average molecular weight is 345 g/mol. The third-order valence-electron chi connectivity index (χ3n) is 4.81.